The number of halogens is 1. The SMILES string of the molecule is NNC(Cc1cccc(Cl)c1)C1CCc2cccnc21. The van der Waals surface area contributed by atoms with Crippen molar-refractivity contribution in [1.82, 2.24) is 10.4 Å². The first-order chi connectivity index (χ1) is 9.78. The summed E-state index contributed by atoms with van der Waals surface area (Å²) in [4.78, 5) is 4.55. The Kier molecular flexibility index (Phi) is 4.01. The molecule has 2 aromatic rings. The molecule has 0 saturated heterocycles. The summed E-state index contributed by atoms with van der Waals surface area (Å²) in [5.74, 6) is 6.16. The lowest BCUT2D eigenvalue weighted by Crippen LogP contribution is -2.41. The van der Waals surface area contributed by atoms with Crippen molar-refractivity contribution < 1.29 is 0 Å². The number of nitrogens with one attached hydrogen (secondary N) is 1. The van der Waals surface area contributed by atoms with Crippen LogP contribution in [-0.2, 0) is 12.8 Å². The number of hydrogen-bond donors (Lipinski definition) is 2. The van der Waals surface area contributed by atoms with Crippen LogP contribution in [0.15, 0.2) is 42.6 Å². The monoisotopic (exact) mass is 287 g/mol. The molecule has 0 amide bonds. The second-order valence-electron chi connectivity index (χ2n) is 5.30. The highest BCUT2D eigenvalue weighted by Crippen LogP contribution is 2.34. The number of fused-ring (bicyclic) bond motifs is 1. The summed E-state index contributed by atoms with van der Waals surface area (Å²) in [6, 6.07) is 12.3. The predicted molar refractivity (Wildman–Crippen MR) is 81.6 cm³/mol. The van der Waals surface area contributed by atoms with Gasteiger partial charge in [-0.05, 0) is 48.6 Å². The zero-order chi connectivity index (χ0) is 13.9. The Morgan fingerprint density at radius 2 is 2.25 bits per heavy atom. The van der Waals surface area contributed by atoms with Crippen LogP contribution in [0, 0.1) is 0 Å². The second-order valence-corrected chi connectivity index (χ2v) is 5.74. The molecule has 0 fully saturated rings. The molecule has 0 bridgehead atoms. The summed E-state index contributed by atoms with van der Waals surface area (Å²) in [5, 5.41) is 0.767. The van der Waals surface area contributed by atoms with Gasteiger partial charge in [0.05, 0.1) is 0 Å². The minimum atomic E-state index is 0.185. The summed E-state index contributed by atoms with van der Waals surface area (Å²) >= 11 is 6.05. The first-order valence-corrected chi connectivity index (χ1v) is 7.30. The zero-order valence-electron chi connectivity index (χ0n) is 11.2. The number of hydrogen-bond acceptors (Lipinski definition) is 3. The quantitative estimate of drug-likeness (QED) is 0.671. The summed E-state index contributed by atoms with van der Waals surface area (Å²) < 4.78 is 0. The largest absolute Gasteiger partial charge is 0.271 e. The highest BCUT2D eigenvalue weighted by atomic mass is 35.5. The van der Waals surface area contributed by atoms with Crippen LogP contribution in [0.25, 0.3) is 0 Å². The van der Waals surface area contributed by atoms with Crippen molar-refractivity contribution in [3.63, 3.8) is 0 Å². The van der Waals surface area contributed by atoms with Crippen molar-refractivity contribution in [3.8, 4) is 0 Å². The Balaban J connectivity index is 1.81. The van der Waals surface area contributed by atoms with E-state index >= 15 is 0 Å². The molecule has 1 aliphatic carbocycles. The van der Waals surface area contributed by atoms with E-state index in [1.165, 1.54) is 16.8 Å². The van der Waals surface area contributed by atoms with Gasteiger partial charge in [0.15, 0.2) is 0 Å². The normalized spacial score (nSPS) is 18.8. The van der Waals surface area contributed by atoms with E-state index in [1.54, 1.807) is 0 Å². The van der Waals surface area contributed by atoms with E-state index in [4.69, 9.17) is 17.4 Å². The van der Waals surface area contributed by atoms with Crippen LogP contribution in [0.3, 0.4) is 0 Å². The van der Waals surface area contributed by atoms with Crippen LogP contribution >= 0.6 is 11.6 Å². The number of aromatic nitrogens is 1. The van der Waals surface area contributed by atoms with Gasteiger partial charge in [0, 0.05) is 28.9 Å². The van der Waals surface area contributed by atoms with Gasteiger partial charge in [0.25, 0.3) is 0 Å². The van der Waals surface area contributed by atoms with Gasteiger partial charge in [-0.3, -0.25) is 16.3 Å². The number of aryl methyl sites for hydroxylation is 1. The number of nitrogens with two attached hydrogens (primary N) is 1. The molecule has 0 spiro atoms. The molecule has 1 heterocycles. The van der Waals surface area contributed by atoms with Crippen LogP contribution in [0.1, 0.15) is 29.2 Å². The molecular formula is C16H18ClN3. The molecule has 1 aliphatic rings. The Hall–Kier alpha value is -1.42. The van der Waals surface area contributed by atoms with Crippen LogP contribution in [0.5, 0.6) is 0 Å². The van der Waals surface area contributed by atoms with Gasteiger partial charge in [-0.15, -0.1) is 0 Å². The lowest BCUT2D eigenvalue weighted by Gasteiger charge is -2.23. The van der Waals surface area contributed by atoms with Crippen molar-refractivity contribution in [2.75, 3.05) is 0 Å². The minimum absolute atomic E-state index is 0.185. The number of benzene rings is 1. The van der Waals surface area contributed by atoms with Crippen molar-refractivity contribution in [3.05, 3.63) is 64.4 Å². The molecule has 20 heavy (non-hydrogen) atoms. The lowest BCUT2D eigenvalue weighted by atomic mass is 9.92. The van der Waals surface area contributed by atoms with Crippen molar-refractivity contribution in [2.45, 2.75) is 31.2 Å². The van der Waals surface area contributed by atoms with Crippen molar-refractivity contribution in [1.29, 1.82) is 0 Å². The van der Waals surface area contributed by atoms with E-state index in [9.17, 15) is 0 Å². The molecule has 0 radical (unpaired) electrons. The molecule has 1 aromatic heterocycles. The van der Waals surface area contributed by atoms with Gasteiger partial charge < -0.3 is 0 Å². The van der Waals surface area contributed by atoms with Crippen LogP contribution in [-0.4, -0.2) is 11.0 Å². The van der Waals surface area contributed by atoms with E-state index in [1.807, 2.05) is 30.5 Å². The molecule has 104 valence electrons. The lowest BCUT2D eigenvalue weighted by molar-refractivity contribution is 0.429. The zero-order valence-corrected chi connectivity index (χ0v) is 12.0. The molecule has 0 aliphatic heterocycles. The van der Waals surface area contributed by atoms with Gasteiger partial charge in [-0.1, -0.05) is 29.8 Å². The van der Waals surface area contributed by atoms with E-state index in [2.05, 4.69) is 22.5 Å². The molecule has 3 N–H and O–H groups in total. The second kappa shape index (κ2) is 5.92. The maximum atomic E-state index is 6.05. The third-order valence-electron chi connectivity index (χ3n) is 4.05. The molecule has 3 nitrogen and oxygen atoms in total. The molecule has 3 rings (SSSR count). The van der Waals surface area contributed by atoms with Crippen LogP contribution in [0.2, 0.25) is 5.02 Å². The van der Waals surface area contributed by atoms with Crippen LogP contribution in [0.4, 0.5) is 0 Å². The first-order valence-electron chi connectivity index (χ1n) is 6.92. The third kappa shape index (κ3) is 2.70. The Morgan fingerprint density at radius 3 is 3.05 bits per heavy atom. The van der Waals surface area contributed by atoms with E-state index in [-0.39, 0.29) is 6.04 Å². The summed E-state index contributed by atoms with van der Waals surface area (Å²) in [5.41, 5.74) is 6.71. The van der Waals surface area contributed by atoms with Gasteiger partial charge in [0.2, 0.25) is 0 Å². The first kappa shape index (κ1) is 13.6. The summed E-state index contributed by atoms with van der Waals surface area (Å²) in [6.07, 6.45) is 4.91. The fourth-order valence-electron chi connectivity index (χ4n) is 3.07. The fraction of sp³-hybridized carbons (Fsp3) is 0.312. The molecule has 4 heteroatoms. The number of hydrazine groups is 1. The van der Waals surface area contributed by atoms with Gasteiger partial charge in [0.1, 0.15) is 0 Å². The molecular weight excluding hydrogens is 270 g/mol. The van der Waals surface area contributed by atoms with E-state index in [0.717, 1.165) is 24.3 Å². The summed E-state index contributed by atoms with van der Waals surface area (Å²) in [7, 11) is 0. The summed E-state index contributed by atoms with van der Waals surface area (Å²) in [6.45, 7) is 0. The fourth-order valence-corrected chi connectivity index (χ4v) is 3.28. The highest BCUT2D eigenvalue weighted by Gasteiger charge is 2.30. The highest BCUT2D eigenvalue weighted by molar-refractivity contribution is 6.30. The Labute approximate surface area is 124 Å². The maximum Gasteiger partial charge on any atom is 0.0482 e. The van der Waals surface area contributed by atoms with Gasteiger partial charge in [-0.2, -0.15) is 0 Å². The van der Waals surface area contributed by atoms with E-state index in [0.29, 0.717) is 5.92 Å². The van der Waals surface area contributed by atoms with E-state index < -0.39 is 0 Å². The van der Waals surface area contributed by atoms with Crippen molar-refractivity contribution >= 4 is 11.6 Å². The van der Waals surface area contributed by atoms with Crippen molar-refractivity contribution in [2.24, 2.45) is 5.84 Å². The average Bonchev–Trinajstić information content (AvgIpc) is 2.89. The van der Waals surface area contributed by atoms with Gasteiger partial charge in [-0.25, -0.2) is 0 Å². The molecule has 1 aromatic carbocycles. The molecule has 2 unspecified atom stereocenters. The van der Waals surface area contributed by atoms with Gasteiger partial charge >= 0.3 is 0 Å². The number of pyridine rings is 1. The molecule has 2 atom stereocenters. The smallest absolute Gasteiger partial charge is 0.0482 e. The number of rotatable bonds is 4. The third-order valence-corrected chi connectivity index (χ3v) is 4.28. The number of nitrogens with zero attached hydrogens (tertiary/aromatic N) is 1. The molecule has 0 saturated carbocycles. The maximum absolute atomic E-state index is 6.05. The Bertz CT molecular complexity index is 600. The standard InChI is InChI=1S/C16H18ClN3/c17-13-5-1-3-11(9-13)10-15(20-18)14-7-6-12-4-2-8-19-16(12)14/h1-5,8-9,14-15,20H,6-7,10,18H2. The predicted octanol–water partition coefficient (Wildman–Crippen LogP) is 2.84. The minimum Gasteiger partial charge on any atom is -0.271 e. The average molecular weight is 288 g/mol. The van der Waals surface area contributed by atoms with Crippen LogP contribution < -0.4 is 11.3 Å². The Morgan fingerprint density at radius 1 is 1.35 bits per heavy atom. The topological polar surface area (TPSA) is 50.9 Å².